The molecule has 2 aromatic heterocycles. The van der Waals surface area contributed by atoms with Crippen molar-refractivity contribution in [2.75, 3.05) is 6.54 Å². The van der Waals surface area contributed by atoms with Crippen LogP contribution in [0.25, 0.3) is 5.82 Å². The first-order chi connectivity index (χ1) is 10.7. The highest BCUT2D eigenvalue weighted by molar-refractivity contribution is 5.94. The number of hydrogen-bond donors (Lipinski definition) is 1. The second-order valence-corrected chi connectivity index (χ2v) is 5.67. The van der Waals surface area contributed by atoms with Crippen LogP contribution in [0.5, 0.6) is 0 Å². The molecule has 2 unspecified atom stereocenters. The molecule has 22 heavy (non-hydrogen) atoms. The summed E-state index contributed by atoms with van der Waals surface area (Å²) in [5, 5.41) is 4.02. The summed E-state index contributed by atoms with van der Waals surface area (Å²) < 4.78 is 1.56. The monoisotopic (exact) mass is 300 g/mol. The molecule has 2 atom stereocenters. The third-order valence-electron chi connectivity index (χ3n) is 4.07. The van der Waals surface area contributed by atoms with Crippen molar-refractivity contribution < 1.29 is 4.79 Å². The van der Waals surface area contributed by atoms with Crippen LogP contribution in [0.1, 0.15) is 36.5 Å². The van der Waals surface area contributed by atoms with Gasteiger partial charge in [-0.1, -0.05) is 0 Å². The van der Waals surface area contributed by atoms with Crippen molar-refractivity contribution in [3.05, 3.63) is 36.5 Å². The van der Waals surface area contributed by atoms with Gasteiger partial charge in [0.1, 0.15) is 12.7 Å². The van der Waals surface area contributed by atoms with E-state index >= 15 is 0 Å². The fourth-order valence-electron chi connectivity index (χ4n) is 2.90. The summed E-state index contributed by atoms with van der Waals surface area (Å²) in [7, 11) is 0. The van der Waals surface area contributed by atoms with Gasteiger partial charge in [-0.2, -0.15) is 5.10 Å². The molecular weight excluding hydrogens is 280 g/mol. The average Bonchev–Trinajstić information content (AvgIpc) is 3.09. The second-order valence-electron chi connectivity index (χ2n) is 5.67. The van der Waals surface area contributed by atoms with Gasteiger partial charge in [0.2, 0.25) is 0 Å². The number of amides is 1. The Morgan fingerprint density at radius 3 is 2.91 bits per heavy atom. The fourth-order valence-corrected chi connectivity index (χ4v) is 2.90. The molecule has 7 heteroatoms. The topological polar surface area (TPSA) is 89.9 Å². The molecule has 1 saturated heterocycles. The highest BCUT2D eigenvalue weighted by Crippen LogP contribution is 2.21. The molecule has 3 heterocycles. The summed E-state index contributed by atoms with van der Waals surface area (Å²) in [4.78, 5) is 22.8. The summed E-state index contributed by atoms with van der Waals surface area (Å²) in [6.07, 6.45) is 7.72. The summed E-state index contributed by atoms with van der Waals surface area (Å²) in [6.45, 7) is 2.72. The molecule has 0 radical (unpaired) electrons. The maximum absolute atomic E-state index is 12.7. The lowest BCUT2D eigenvalue weighted by molar-refractivity contribution is 0.0583. The molecule has 0 saturated carbocycles. The number of aromatic nitrogens is 4. The first kappa shape index (κ1) is 14.6. The van der Waals surface area contributed by atoms with Gasteiger partial charge in [-0.05, 0) is 38.3 Å². The number of nitrogens with two attached hydrogens (primary N) is 1. The highest BCUT2D eigenvalue weighted by atomic mass is 16.2. The third kappa shape index (κ3) is 2.85. The molecular formula is C15H20N6O. The molecule has 7 nitrogen and oxygen atoms in total. The Hall–Kier alpha value is -2.28. The lowest BCUT2D eigenvalue weighted by atomic mass is 9.96. The first-order valence-corrected chi connectivity index (χ1v) is 7.54. The molecule has 1 amide bonds. The highest BCUT2D eigenvalue weighted by Gasteiger charge is 2.29. The van der Waals surface area contributed by atoms with Gasteiger partial charge in [0.25, 0.3) is 5.91 Å². The molecule has 0 bridgehead atoms. The predicted octanol–water partition coefficient (Wildman–Crippen LogP) is 1.00. The van der Waals surface area contributed by atoms with Crippen LogP contribution in [0.15, 0.2) is 31.0 Å². The molecule has 2 aromatic rings. The molecule has 0 aliphatic carbocycles. The van der Waals surface area contributed by atoms with Crippen molar-refractivity contribution in [3.8, 4) is 5.82 Å². The van der Waals surface area contributed by atoms with Gasteiger partial charge in [0.15, 0.2) is 5.82 Å². The summed E-state index contributed by atoms with van der Waals surface area (Å²) in [6, 6.07) is 3.63. The first-order valence-electron chi connectivity index (χ1n) is 7.54. The molecule has 1 aliphatic heterocycles. The van der Waals surface area contributed by atoms with Crippen molar-refractivity contribution in [1.82, 2.24) is 24.6 Å². The van der Waals surface area contributed by atoms with Crippen LogP contribution >= 0.6 is 0 Å². The summed E-state index contributed by atoms with van der Waals surface area (Å²) in [5.74, 6) is 0.635. The molecule has 3 rings (SSSR count). The molecule has 1 fully saturated rings. The maximum Gasteiger partial charge on any atom is 0.255 e. The quantitative estimate of drug-likeness (QED) is 0.913. The van der Waals surface area contributed by atoms with E-state index < -0.39 is 0 Å². The number of carbonyl (C=O) groups excluding carboxylic acids is 1. The minimum atomic E-state index is -0.0216. The van der Waals surface area contributed by atoms with Gasteiger partial charge < -0.3 is 10.6 Å². The van der Waals surface area contributed by atoms with E-state index in [1.165, 1.54) is 6.33 Å². The van der Waals surface area contributed by atoms with E-state index in [-0.39, 0.29) is 18.0 Å². The Morgan fingerprint density at radius 2 is 2.27 bits per heavy atom. The van der Waals surface area contributed by atoms with E-state index in [4.69, 9.17) is 5.73 Å². The van der Waals surface area contributed by atoms with E-state index in [0.717, 1.165) is 25.8 Å². The van der Waals surface area contributed by atoms with Crippen LogP contribution in [0, 0.1) is 0 Å². The molecule has 0 aromatic carbocycles. The van der Waals surface area contributed by atoms with E-state index in [1.54, 1.807) is 29.3 Å². The number of piperidine rings is 1. The fraction of sp³-hybridized carbons (Fsp3) is 0.467. The van der Waals surface area contributed by atoms with Crippen LogP contribution in [0.2, 0.25) is 0 Å². The van der Waals surface area contributed by atoms with E-state index in [9.17, 15) is 4.79 Å². The number of hydrogen-bond acceptors (Lipinski definition) is 5. The molecule has 116 valence electrons. The normalized spacial score (nSPS) is 19.9. The van der Waals surface area contributed by atoms with Crippen LogP contribution in [0.3, 0.4) is 0 Å². The van der Waals surface area contributed by atoms with Crippen molar-refractivity contribution >= 4 is 5.91 Å². The summed E-state index contributed by atoms with van der Waals surface area (Å²) >= 11 is 0. The molecule has 1 aliphatic rings. The van der Waals surface area contributed by atoms with Crippen LogP contribution in [-0.2, 0) is 0 Å². The summed E-state index contributed by atoms with van der Waals surface area (Å²) in [5.41, 5.74) is 6.61. The Bertz CT molecular complexity index is 622. The average molecular weight is 300 g/mol. The van der Waals surface area contributed by atoms with Crippen molar-refractivity contribution in [1.29, 1.82) is 0 Å². The van der Waals surface area contributed by atoms with Crippen LogP contribution in [0.4, 0.5) is 0 Å². The number of pyridine rings is 1. The number of rotatable bonds is 3. The predicted molar refractivity (Wildman–Crippen MR) is 81.5 cm³/mol. The Kier molecular flexibility index (Phi) is 4.15. The third-order valence-corrected chi connectivity index (χ3v) is 4.07. The zero-order valence-corrected chi connectivity index (χ0v) is 12.6. The minimum absolute atomic E-state index is 0.000333. The Labute approximate surface area is 129 Å². The number of likely N-dealkylation sites (tertiary alicyclic amines) is 1. The van der Waals surface area contributed by atoms with Gasteiger partial charge in [-0.15, -0.1) is 0 Å². The van der Waals surface area contributed by atoms with Gasteiger partial charge in [-0.3, -0.25) is 4.79 Å². The SMILES string of the molecule is CC(N)C1CCCCN1C(=O)c1ccc(-n2cncn2)nc1. The molecule has 2 N–H and O–H groups in total. The molecule has 0 spiro atoms. The maximum atomic E-state index is 12.7. The van der Waals surface area contributed by atoms with Gasteiger partial charge in [0.05, 0.1) is 5.56 Å². The van der Waals surface area contributed by atoms with Gasteiger partial charge in [-0.25, -0.2) is 14.6 Å². The minimum Gasteiger partial charge on any atom is -0.334 e. The largest absolute Gasteiger partial charge is 0.334 e. The number of carbonyl (C=O) groups is 1. The van der Waals surface area contributed by atoms with Gasteiger partial charge in [0, 0.05) is 24.8 Å². The van der Waals surface area contributed by atoms with Crippen molar-refractivity contribution in [2.45, 2.75) is 38.3 Å². The zero-order chi connectivity index (χ0) is 15.5. The Balaban J connectivity index is 1.79. The zero-order valence-electron chi connectivity index (χ0n) is 12.6. The Morgan fingerprint density at radius 1 is 1.41 bits per heavy atom. The van der Waals surface area contributed by atoms with Crippen LogP contribution in [-0.4, -0.2) is 49.2 Å². The van der Waals surface area contributed by atoms with Crippen molar-refractivity contribution in [2.24, 2.45) is 5.73 Å². The lowest BCUT2D eigenvalue weighted by Crippen LogP contribution is -2.51. The standard InChI is InChI=1S/C15H20N6O/c1-11(16)13-4-2-3-7-20(13)15(22)12-5-6-14(18-8-12)21-10-17-9-19-21/h5-6,8-11,13H,2-4,7,16H2,1H3. The van der Waals surface area contributed by atoms with E-state index in [2.05, 4.69) is 15.1 Å². The van der Waals surface area contributed by atoms with Gasteiger partial charge >= 0.3 is 0 Å². The second kappa shape index (κ2) is 6.23. The lowest BCUT2D eigenvalue weighted by Gasteiger charge is -2.38. The van der Waals surface area contributed by atoms with Crippen LogP contribution < -0.4 is 5.73 Å². The smallest absolute Gasteiger partial charge is 0.255 e. The van der Waals surface area contributed by atoms with E-state index in [1.807, 2.05) is 11.8 Å². The van der Waals surface area contributed by atoms with E-state index in [0.29, 0.717) is 11.4 Å². The van der Waals surface area contributed by atoms with Crippen molar-refractivity contribution in [3.63, 3.8) is 0 Å². The number of nitrogens with zero attached hydrogens (tertiary/aromatic N) is 5.